The van der Waals surface area contributed by atoms with Crippen molar-refractivity contribution in [2.24, 2.45) is 29.6 Å². The Morgan fingerprint density at radius 3 is 2.50 bits per heavy atom. The summed E-state index contributed by atoms with van der Waals surface area (Å²) < 4.78 is 0. The van der Waals surface area contributed by atoms with Crippen LogP contribution >= 0.6 is 0 Å². The van der Waals surface area contributed by atoms with Crippen LogP contribution < -0.4 is 0 Å². The normalized spacial score (nSPS) is 55.4. The SMILES string of the molecule is CN1CC(=O)C2C3CC(C4CCCCC43)C21. The van der Waals surface area contributed by atoms with Crippen molar-refractivity contribution in [3.05, 3.63) is 0 Å². The summed E-state index contributed by atoms with van der Waals surface area (Å²) in [6.45, 7) is 0.738. The average molecular weight is 219 g/mol. The first-order valence-corrected chi connectivity index (χ1v) is 7.00. The van der Waals surface area contributed by atoms with E-state index in [-0.39, 0.29) is 0 Å². The third kappa shape index (κ3) is 1.000. The lowest BCUT2D eigenvalue weighted by molar-refractivity contribution is -0.122. The van der Waals surface area contributed by atoms with E-state index in [0.717, 1.165) is 30.2 Å². The molecule has 1 heterocycles. The summed E-state index contributed by atoms with van der Waals surface area (Å²) in [5.74, 6) is 4.55. The molecule has 0 N–H and O–H groups in total. The molecule has 1 saturated heterocycles. The van der Waals surface area contributed by atoms with Crippen LogP contribution in [0.1, 0.15) is 32.1 Å². The number of fused-ring (bicyclic) bond motifs is 8. The number of rotatable bonds is 0. The van der Waals surface area contributed by atoms with Gasteiger partial charge in [0.25, 0.3) is 0 Å². The lowest BCUT2D eigenvalue weighted by Crippen LogP contribution is -2.43. The van der Waals surface area contributed by atoms with Crippen molar-refractivity contribution < 1.29 is 4.79 Å². The Balaban J connectivity index is 1.71. The number of nitrogens with zero attached hydrogens (tertiary/aromatic N) is 1. The van der Waals surface area contributed by atoms with E-state index in [0.29, 0.717) is 17.7 Å². The van der Waals surface area contributed by atoms with Gasteiger partial charge in [-0.2, -0.15) is 0 Å². The summed E-state index contributed by atoms with van der Waals surface area (Å²) in [4.78, 5) is 14.5. The molecule has 0 aromatic rings. The van der Waals surface area contributed by atoms with Crippen LogP contribution in [0.15, 0.2) is 0 Å². The minimum atomic E-state index is 0.439. The predicted octanol–water partition coefficient (Wildman–Crippen LogP) is 1.94. The van der Waals surface area contributed by atoms with Crippen LogP contribution in [-0.2, 0) is 4.79 Å². The van der Waals surface area contributed by atoms with E-state index in [9.17, 15) is 4.79 Å². The van der Waals surface area contributed by atoms with Crippen molar-refractivity contribution >= 4 is 5.78 Å². The number of hydrogen-bond acceptors (Lipinski definition) is 2. The molecule has 6 atom stereocenters. The van der Waals surface area contributed by atoms with Crippen LogP contribution in [0, 0.1) is 29.6 Å². The summed E-state index contributed by atoms with van der Waals surface area (Å²) in [5.41, 5.74) is 0. The minimum Gasteiger partial charge on any atom is -0.298 e. The van der Waals surface area contributed by atoms with E-state index in [4.69, 9.17) is 0 Å². The fourth-order valence-electron chi connectivity index (χ4n) is 5.73. The zero-order chi connectivity index (χ0) is 10.9. The molecule has 3 aliphatic carbocycles. The Morgan fingerprint density at radius 2 is 1.75 bits per heavy atom. The van der Waals surface area contributed by atoms with Gasteiger partial charge in [-0.3, -0.25) is 9.69 Å². The third-order valence-corrected chi connectivity index (χ3v) is 6.07. The van der Waals surface area contributed by atoms with Gasteiger partial charge in [-0.15, -0.1) is 0 Å². The van der Waals surface area contributed by atoms with Gasteiger partial charge in [-0.05, 0) is 50.0 Å². The van der Waals surface area contributed by atoms with E-state index < -0.39 is 0 Å². The van der Waals surface area contributed by atoms with E-state index in [1.54, 1.807) is 0 Å². The number of hydrogen-bond donors (Lipinski definition) is 0. The van der Waals surface area contributed by atoms with Gasteiger partial charge in [0.15, 0.2) is 5.78 Å². The van der Waals surface area contributed by atoms with Gasteiger partial charge in [0.05, 0.1) is 6.54 Å². The van der Waals surface area contributed by atoms with E-state index in [2.05, 4.69) is 11.9 Å². The molecule has 6 unspecified atom stereocenters. The lowest BCUT2D eigenvalue weighted by Gasteiger charge is -2.41. The molecular formula is C14H21NO. The van der Waals surface area contributed by atoms with Crippen molar-refractivity contribution in [3.8, 4) is 0 Å². The Labute approximate surface area is 97.4 Å². The first-order valence-electron chi connectivity index (χ1n) is 7.00. The maximum atomic E-state index is 12.1. The smallest absolute Gasteiger partial charge is 0.151 e. The van der Waals surface area contributed by atoms with Crippen LogP contribution in [-0.4, -0.2) is 30.3 Å². The molecule has 0 aromatic heterocycles. The molecule has 2 nitrogen and oxygen atoms in total. The fraction of sp³-hybridized carbons (Fsp3) is 0.929. The molecule has 0 radical (unpaired) electrons. The van der Waals surface area contributed by atoms with Gasteiger partial charge in [0.1, 0.15) is 0 Å². The highest BCUT2D eigenvalue weighted by Gasteiger charge is 2.63. The van der Waals surface area contributed by atoms with Gasteiger partial charge in [0, 0.05) is 12.0 Å². The van der Waals surface area contributed by atoms with Gasteiger partial charge >= 0.3 is 0 Å². The lowest BCUT2D eigenvalue weighted by atomic mass is 9.65. The summed E-state index contributed by atoms with van der Waals surface area (Å²) >= 11 is 0. The minimum absolute atomic E-state index is 0.439. The van der Waals surface area contributed by atoms with Gasteiger partial charge in [0.2, 0.25) is 0 Å². The standard InChI is InChI=1S/C14H21NO/c1-15-7-12(16)13-10-6-11(14(13)15)9-5-3-2-4-8(9)10/h8-11,13-14H,2-7H2,1H3. The van der Waals surface area contributed by atoms with Crippen LogP contribution in [0.5, 0.6) is 0 Å². The van der Waals surface area contributed by atoms with Gasteiger partial charge in [-0.25, -0.2) is 0 Å². The van der Waals surface area contributed by atoms with Crippen LogP contribution in [0.2, 0.25) is 0 Å². The molecule has 4 fully saturated rings. The predicted molar refractivity (Wildman–Crippen MR) is 62.0 cm³/mol. The molecule has 0 aromatic carbocycles. The highest BCUT2D eigenvalue weighted by molar-refractivity contribution is 5.87. The molecule has 2 heteroatoms. The molecule has 88 valence electrons. The topological polar surface area (TPSA) is 20.3 Å². The Morgan fingerprint density at radius 1 is 1.06 bits per heavy atom. The van der Waals surface area contributed by atoms with E-state index in [1.165, 1.54) is 32.1 Å². The molecule has 0 amide bonds. The van der Waals surface area contributed by atoms with Gasteiger partial charge in [-0.1, -0.05) is 12.8 Å². The molecule has 4 rings (SSSR count). The molecule has 16 heavy (non-hydrogen) atoms. The Bertz CT molecular complexity index is 340. The zero-order valence-electron chi connectivity index (χ0n) is 10.1. The summed E-state index contributed by atoms with van der Waals surface area (Å²) in [5, 5.41) is 0. The van der Waals surface area contributed by atoms with Crippen LogP contribution in [0.4, 0.5) is 0 Å². The average Bonchev–Trinajstić information content (AvgIpc) is 2.91. The monoisotopic (exact) mass is 219 g/mol. The maximum absolute atomic E-state index is 12.1. The first-order chi connectivity index (χ1) is 7.77. The second-order valence-corrected chi connectivity index (χ2v) is 6.57. The maximum Gasteiger partial charge on any atom is 0.151 e. The van der Waals surface area contributed by atoms with Crippen LogP contribution in [0.3, 0.4) is 0 Å². The first kappa shape index (κ1) is 9.64. The number of likely N-dealkylation sites (N-methyl/N-ethyl adjacent to an activating group) is 1. The van der Waals surface area contributed by atoms with Crippen molar-refractivity contribution in [1.82, 2.24) is 4.90 Å². The highest BCUT2D eigenvalue weighted by Crippen LogP contribution is 2.62. The summed E-state index contributed by atoms with van der Waals surface area (Å²) in [6, 6.07) is 0.636. The Hall–Kier alpha value is -0.370. The molecule has 4 aliphatic rings. The molecule has 1 aliphatic heterocycles. The molecule has 2 bridgehead atoms. The number of carbonyl (C=O) groups excluding carboxylic acids is 1. The van der Waals surface area contributed by atoms with Crippen molar-refractivity contribution in [2.75, 3.05) is 13.6 Å². The second kappa shape index (κ2) is 3.10. The largest absolute Gasteiger partial charge is 0.298 e. The quantitative estimate of drug-likeness (QED) is 0.620. The Kier molecular flexibility index (Phi) is 1.86. The van der Waals surface area contributed by atoms with E-state index in [1.807, 2.05) is 0 Å². The van der Waals surface area contributed by atoms with Crippen LogP contribution in [0.25, 0.3) is 0 Å². The third-order valence-electron chi connectivity index (χ3n) is 6.07. The summed E-state index contributed by atoms with van der Waals surface area (Å²) in [6.07, 6.45) is 7.12. The van der Waals surface area contributed by atoms with Crippen molar-refractivity contribution in [3.63, 3.8) is 0 Å². The molecule has 0 spiro atoms. The van der Waals surface area contributed by atoms with E-state index >= 15 is 0 Å². The van der Waals surface area contributed by atoms with Crippen molar-refractivity contribution in [2.45, 2.75) is 38.1 Å². The number of ketones is 1. The summed E-state index contributed by atoms with van der Waals surface area (Å²) in [7, 11) is 2.17. The number of carbonyl (C=O) groups is 1. The zero-order valence-corrected chi connectivity index (χ0v) is 10.1. The molecule has 3 saturated carbocycles. The van der Waals surface area contributed by atoms with Crippen molar-refractivity contribution in [1.29, 1.82) is 0 Å². The number of likely N-dealkylation sites (tertiary alicyclic amines) is 1. The second-order valence-electron chi connectivity index (χ2n) is 6.57. The van der Waals surface area contributed by atoms with Gasteiger partial charge < -0.3 is 0 Å². The highest BCUT2D eigenvalue weighted by atomic mass is 16.1. The molecular weight excluding hydrogens is 198 g/mol. The number of Topliss-reactive ketones (excluding diaryl/α,β-unsaturated/α-hetero) is 1. The fourth-order valence-corrected chi connectivity index (χ4v) is 5.73.